The number of carbonyl (C=O) groups excluding carboxylic acids is 1. The normalized spacial score (nSPS) is 24.0. The van der Waals surface area contributed by atoms with Crippen LogP contribution in [0.4, 0.5) is 0 Å². The van der Waals surface area contributed by atoms with Gasteiger partial charge in [-0.15, -0.1) is 0 Å². The highest BCUT2D eigenvalue weighted by Crippen LogP contribution is 2.30. The molecule has 2 rings (SSSR count). The molecule has 14 heteroatoms. The predicted octanol–water partition coefficient (Wildman–Crippen LogP) is 13.6. The lowest BCUT2D eigenvalue weighted by molar-refractivity contribution is -0.359. The largest absolute Gasteiger partial charge is 0.394 e. The summed E-state index contributed by atoms with van der Waals surface area (Å²) < 4.78 is 22.9. The summed E-state index contributed by atoms with van der Waals surface area (Å²) in [5.74, 6) is -0.200. The van der Waals surface area contributed by atoms with Gasteiger partial charge < -0.3 is 65.1 Å². The fraction of sp³-hybridized carbons (Fsp3) is 0.985. The van der Waals surface area contributed by atoms with Gasteiger partial charge >= 0.3 is 0 Å². The van der Waals surface area contributed by atoms with E-state index >= 15 is 0 Å². The first kappa shape index (κ1) is 76.1. The third kappa shape index (κ3) is 38.0. The second-order valence-corrected chi connectivity index (χ2v) is 25.0. The number of unbranched alkanes of at least 4 members (excludes halogenated alkanes) is 45. The van der Waals surface area contributed by atoms with Crippen molar-refractivity contribution in [2.75, 3.05) is 19.8 Å². The van der Waals surface area contributed by atoms with Crippen molar-refractivity contribution in [2.24, 2.45) is 0 Å². The summed E-state index contributed by atoms with van der Waals surface area (Å²) in [6, 6.07) is -0.823. The Kier molecular flexibility index (Phi) is 50.0. The molecule has 0 saturated carbocycles. The van der Waals surface area contributed by atoms with E-state index in [2.05, 4.69) is 19.2 Å². The van der Waals surface area contributed by atoms with E-state index in [0.717, 1.165) is 51.4 Å². The third-order valence-electron chi connectivity index (χ3n) is 17.6. The third-order valence-corrected chi connectivity index (χ3v) is 17.6. The van der Waals surface area contributed by atoms with Crippen molar-refractivity contribution >= 4 is 5.91 Å². The van der Waals surface area contributed by atoms with Crippen LogP contribution in [0.25, 0.3) is 0 Å². The van der Waals surface area contributed by atoms with Gasteiger partial charge in [-0.2, -0.15) is 0 Å². The van der Waals surface area contributed by atoms with Crippen LogP contribution in [0, 0.1) is 0 Å². The number of hydrogen-bond donors (Lipinski definition) is 9. The molecule has 2 fully saturated rings. The molecule has 0 aromatic carbocycles. The minimum Gasteiger partial charge on any atom is -0.394 e. The predicted molar refractivity (Wildman–Crippen MR) is 328 cm³/mol. The van der Waals surface area contributed by atoms with Crippen LogP contribution in [-0.2, 0) is 23.7 Å². The van der Waals surface area contributed by atoms with Gasteiger partial charge in [-0.25, -0.2) is 0 Å². The minimum atomic E-state index is -1.78. The maximum absolute atomic E-state index is 13.3. The van der Waals surface area contributed by atoms with E-state index in [4.69, 9.17) is 18.9 Å². The number of rotatable bonds is 58. The lowest BCUT2D eigenvalue weighted by Gasteiger charge is -2.46. The molecular formula is C67H131NO13. The van der Waals surface area contributed by atoms with Crippen molar-refractivity contribution in [3.8, 4) is 0 Å². The van der Waals surface area contributed by atoms with Gasteiger partial charge in [0.2, 0.25) is 5.91 Å². The summed E-state index contributed by atoms with van der Waals surface area (Å²) in [5, 5.41) is 87.4. The first-order valence-electron chi connectivity index (χ1n) is 34.8. The Bertz CT molecular complexity index is 1360. The Balaban J connectivity index is 1.60. The van der Waals surface area contributed by atoms with Crippen LogP contribution in [0.1, 0.15) is 328 Å². The molecule has 2 saturated heterocycles. The van der Waals surface area contributed by atoms with E-state index in [-0.39, 0.29) is 12.5 Å². The van der Waals surface area contributed by atoms with Gasteiger partial charge in [-0.05, 0) is 12.8 Å². The van der Waals surface area contributed by atoms with Crippen molar-refractivity contribution < 1.29 is 64.6 Å². The Morgan fingerprint density at radius 3 is 1.05 bits per heavy atom. The number of nitrogens with one attached hydrogen (secondary N) is 1. The second kappa shape index (κ2) is 53.2. The van der Waals surface area contributed by atoms with E-state index in [9.17, 15) is 45.6 Å². The van der Waals surface area contributed by atoms with Gasteiger partial charge in [0, 0.05) is 6.42 Å². The Labute approximate surface area is 495 Å². The molecule has 12 unspecified atom stereocenters. The van der Waals surface area contributed by atoms with Crippen molar-refractivity contribution in [2.45, 2.75) is 402 Å². The smallest absolute Gasteiger partial charge is 0.220 e. The molecule has 482 valence electrons. The topological polar surface area (TPSA) is 228 Å². The van der Waals surface area contributed by atoms with Gasteiger partial charge in [0.1, 0.15) is 48.8 Å². The molecule has 9 N–H and O–H groups in total. The highest BCUT2D eigenvalue weighted by molar-refractivity contribution is 5.76. The SMILES string of the molecule is CCCCCCCCCCCCCCCCCCCCCCCCCCCCCCCCCCCC(O)C(COC1OC(CO)C(OC2OC(CO)C(O)C(O)C2O)C(O)C1O)NC(=O)CCCCCCCCCCCCCCCC. The lowest BCUT2D eigenvalue weighted by Crippen LogP contribution is -2.65. The first-order chi connectivity index (χ1) is 39.6. The fourth-order valence-corrected chi connectivity index (χ4v) is 12.0. The molecule has 1 amide bonds. The fourth-order valence-electron chi connectivity index (χ4n) is 12.0. The number of aliphatic hydroxyl groups is 8. The Hall–Kier alpha value is -1.01. The molecule has 0 radical (unpaired) electrons. The molecule has 0 spiro atoms. The summed E-state index contributed by atoms with van der Waals surface area (Å²) in [4.78, 5) is 13.3. The van der Waals surface area contributed by atoms with Crippen LogP contribution in [0.5, 0.6) is 0 Å². The van der Waals surface area contributed by atoms with Gasteiger partial charge in [0.25, 0.3) is 0 Å². The van der Waals surface area contributed by atoms with Gasteiger partial charge in [-0.3, -0.25) is 4.79 Å². The van der Waals surface area contributed by atoms with Crippen molar-refractivity contribution in [1.82, 2.24) is 5.32 Å². The molecule has 2 aliphatic rings. The summed E-state index contributed by atoms with van der Waals surface area (Å²) in [5.41, 5.74) is 0. The monoisotopic (exact) mass is 1160 g/mol. The molecule has 12 atom stereocenters. The van der Waals surface area contributed by atoms with Crippen molar-refractivity contribution in [3.63, 3.8) is 0 Å². The van der Waals surface area contributed by atoms with Crippen LogP contribution in [0.3, 0.4) is 0 Å². The van der Waals surface area contributed by atoms with Crippen LogP contribution in [0.2, 0.25) is 0 Å². The molecule has 81 heavy (non-hydrogen) atoms. The van der Waals surface area contributed by atoms with Crippen LogP contribution in [-0.4, -0.2) is 140 Å². The zero-order valence-electron chi connectivity index (χ0n) is 52.3. The van der Waals surface area contributed by atoms with Gasteiger partial charge in [0.05, 0.1) is 32.0 Å². The van der Waals surface area contributed by atoms with Crippen LogP contribution in [0.15, 0.2) is 0 Å². The zero-order valence-corrected chi connectivity index (χ0v) is 52.3. The van der Waals surface area contributed by atoms with Crippen molar-refractivity contribution in [3.05, 3.63) is 0 Å². The van der Waals surface area contributed by atoms with E-state index in [0.29, 0.717) is 12.8 Å². The Morgan fingerprint density at radius 2 is 0.704 bits per heavy atom. The van der Waals surface area contributed by atoms with E-state index in [1.165, 1.54) is 250 Å². The average Bonchev–Trinajstić information content (AvgIpc) is 3.64. The van der Waals surface area contributed by atoms with Crippen LogP contribution < -0.4 is 5.32 Å². The zero-order chi connectivity index (χ0) is 58.8. The lowest BCUT2D eigenvalue weighted by atomic mass is 9.97. The molecule has 2 aliphatic heterocycles. The molecular weight excluding hydrogens is 1030 g/mol. The van der Waals surface area contributed by atoms with Gasteiger partial charge in [0.15, 0.2) is 12.6 Å². The van der Waals surface area contributed by atoms with E-state index in [1.807, 2.05) is 0 Å². The maximum Gasteiger partial charge on any atom is 0.220 e. The van der Waals surface area contributed by atoms with Gasteiger partial charge in [-0.1, -0.05) is 309 Å². The molecule has 0 aromatic heterocycles. The molecule has 0 aliphatic carbocycles. The number of carbonyl (C=O) groups is 1. The summed E-state index contributed by atoms with van der Waals surface area (Å²) in [6.45, 7) is 2.91. The number of ether oxygens (including phenoxy) is 4. The van der Waals surface area contributed by atoms with E-state index in [1.54, 1.807) is 0 Å². The number of hydrogen-bond acceptors (Lipinski definition) is 13. The standard InChI is InChI=1S/C67H131NO13/c1-3-5-7-9-11-13-15-17-19-20-21-22-23-24-25-26-27-28-29-30-31-32-33-34-35-36-37-38-40-42-44-46-48-50-56(71)55(68-59(72)51-49-47-45-43-41-39-18-16-14-12-10-8-6-4-2)54-78-66-64(77)62(75)65(58(53-70)80-66)81-67-63(76)61(74)60(73)57(52-69)79-67/h55-58,60-67,69-71,73-77H,3-54H2,1-2H3,(H,68,72). The molecule has 14 nitrogen and oxygen atoms in total. The summed E-state index contributed by atoms with van der Waals surface area (Å²) >= 11 is 0. The highest BCUT2D eigenvalue weighted by Gasteiger charge is 2.51. The minimum absolute atomic E-state index is 0.200. The average molecular weight is 1160 g/mol. The molecule has 0 bridgehead atoms. The number of aliphatic hydroxyl groups excluding tert-OH is 8. The highest BCUT2D eigenvalue weighted by atomic mass is 16.7. The maximum atomic E-state index is 13.3. The van der Waals surface area contributed by atoms with Crippen LogP contribution >= 0.6 is 0 Å². The molecule has 0 aromatic rings. The quantitative estimate of drug-likeness (QED) is 0.0259. The number of amides is 1. The second-order valence-electron chi connectivity index (χ2n) is 25.0. The summed E-state index contributed by atoms with van der Waals surface area (Å²) in [7, 11) is 0. The van der Waals surface area contributed by atoms with E-state index < -0.39 is 86.8 Å². The Morgan fingerprint density at radius 1 is 0.395 bits per heavy atom. The summed E-state index contributed by atoms with van der Waals surface area (Å²) in [6.07, 6.45) is 45.7. The molecule has 2 heterocycles. The first-order valence-corrected chi connectivity index (χ1v) is 34.8. The van der Waals surface area contributed by atoms with Crippen molar-refractivity contribution in [1.29, 1.82) is 0 Å².